The summed E-state index contributed by atoms with van der Waals surface area (Å²) < 4.78 is 5.84. The van der Waals surface area contributed by atoms with Crippen LogP contribution in [0.1, 0.15) is 42.5 Å². The van der Waals surface area contributed by atoms with Gasteiger partial charge in [-0.05, 0) is 43.9 Å². The zero-order chi connectivity index (χ0) is 12.3. The summed E-state index contributed by atoms with van der Waals surface area (Å²) in [4.78, 5) is 11.2. The average Bonchev–Trinajstić information content (AvgIpc) is 2.32. The zero-order valence-electron chi connectivity index (χ0n) is 9.82. The average molecular weight is 234 g/mol. The van der Waals surface area contributed by atoms with Crippen molar-refractivity contribution >= 4 is 11.6 Å². The van der Waals surface area contributed by atoms with E-state index in [1.54, 1.807) is 18.2 Å². The van der Waals surface area contributed by atoms with Crippen LogP contribution in [-0.2, 0) is 0 Å². The maximum absolute atomic E-state index is 11.2. The summed E-state index contributed by atoms with van der Waals surface area (Å²) >= 11 is 0. The predicted octanol–water partition coefficient (Wildman–Crippen LogP) is 2.08. The van der Waals surface area contributed by atoms with Gasteiger partial charge in [0.05, 0.1) is 11.7 Å². The molecule has 1 amide bonds. The molecule has 0 aliphatic heterocycles. The molecule has 0 saturated heterocycles. The molecule has 4 N–H and O–H groups in total. The van der Waals surface area contributed by atoms with Gasteiger partial charge in [0.25, 0.3) is 5.91 Å². The maximum Gasteiger partial charge on any atom is 0.250 e. The highest BCUT2D eigenvalue weighted by molar-refractivity contribution is 5.98. The van der Waals surface area contributed by atoms with Gasteiger partial charge in [0.2, 0.25) is 0 Å². The van der Waals surface area contributed by atoms with Gasteiger partial charge in [-0.2, -0.15) is 0 Å². The van der Waals surface area contributed by atoms with Crippen molar-refractivity contribution in [3.05, 3.63) is 23.8 Å². The van der Waals surface area contributed by atoms with Gasteiger partial charge in [-0.3, -0.25) is 4.79 Å². The fourth-order valence-corrected chi connectivity index (χ4v) is 2.20. The lowest BCUT2D eigenvalue weighted by atomic mass is 9.98. The number of hydrogen-bond donors (Lipinski definition) is 2. The van der Waals surface area contributed by atoms with E-state index >= 15 is 0 Å². The largest absolute Gasteiger partial charge is 0.490 e. The first-order chi connectivity index (χ1) is 8.16. The molecule has 0 atom stereocenters. The molecule has 0 heterocycles. The molecule has 1 aliphatic carbocycles. The molecule has 0 bridgehead atoms. The van der Waals surface area contributed by atoms with E-state index in [1.807, 2.05) is 0 Å². The molecule has 92 valence electrons. The van der Waals surface area contributed by atoms with E-state index in [0.717, 1.165) is 12.8 Å². The van der Waals surface area contributed by atoms with Crippen LogP contribution in [0.4, 0.5) is 5.69 Å². The van der Waals surface area contributed by atoms with Crippen molar-refractivity contribution < 1.29 is 9.53 Å². The van der Waals surface area contributed by atoms with Crippen molar-refractivity contribution in [2.24, 2.45) is 5.73 Å². The normalized spacial score (nSPS) is 16.7. The first-order valence-corrected chi connectivity index (χ1v) is 6.03. The van der Waals surface area contributed by atoms with Gasteiger partial charge in [0.15, 0.2) is 0 Å². The second-order valence-electron chi connectivity index (χ2n) is 4.49. The van der Waals surface area contributed by atoms with Crippen molar-refractivity contribution in [2.45, 2.75) is 38.2 Å². The number of nitrogens with two attached hydrogens (primary N) is 2. The monoisotopic (exact) mass is 234 g/mol. The third kappa shape index (κ3) is 2.90. The highest BCUT2D eigenvalue weighted by Gasteiger charge is 2.16. The first kappa shape index (κ1) is 11.8. The fraction of sp³-hybridized carbons (Fsp3) is 0.462. The van der Waals surface area contributed by atoms with Crippen molar-refractivity contribution in [2.75, 3.05) is 5.73 Å². The summed E-state index contributed by atoms with van der Waals surface area (Å²) in [5, 5.41) is 0. The Bertz CT molecular complexity index is 412. The van der Waals surface area contributed by atoms with Crippen LogP contribution in [0.5, 0.6) is 5.75 Å². The van der Waals surface area contributed by atoms with Crippen LogP contribution in [0.25, 0.3) is 0 Å². The van der Waals surface area contributed by atoms with E-state index in [4.69, 9.17) is 16.2 Å². The van der Waals surface area contributed by atoms with E-state index in [2.05, 4.69) is 0 Å². The molecule has 1 fully saturated rings. The Morgan fingerprint density at radius 1 is 1.24 bits per heavy atom. The van der Waals surface area contributed by atoms with Gasteiger partial charge < -0.3 is 16.2 Å². The second-order valence-corrected chi connectivity index (χ2v) is 4.49. The van der Waals surface area contributed by atoms with Gasteiger partial charge in [-0.25, -0.2) is 0 Å². The van der Waals surface area contributed by atoms with Crippen LogP contribution in [-0.4, -0.2) is 12.0 Å². The van der Waals surface area contributed by atoms with Crippen molar-refractivity contribution in [3.63, 3.8) is 0 Å². The maximum atomic E-state index is 11.2. The Hall–Kier alpha value is -1.71. The zero-order valence-corrected chi connectivity index (χ0v) is 9.82. The Balaban J connectivity index is 2.10. The van der Waals surface area contributed by atoms with E-state index in [0.29, 0.717) is 17.0 Å². The molecule has 1 saturated carbocycles. The lowest BCUT2D eigenvalue weighted by molar-refractivity contribution is 0.0999. The summed E-state index contributed by atoms with van der Waals surface area (Å²) in [6.07, 6.45) is 6.12. The molecule has 0 spiro atoms. The van der Waals surface area contributed by atoms with Crippen molar-refractivity contribution in [1.82, 2.24) is 0 Å². The number of ether oxygens (including phenoxy) is 1. The topological polar surface area (TPSA) is 78.3 Å². The molecular formula is C13H18N2O2. The Morgan fingerprint density at radius 2 is 1.94 bits per heavy atom. The smallest absolute Gasteiger partial charge is 0.250 e. The molecule has 1 aromatic rings. The number of nitrogen functional groups attached to an aromatic ring is 1. The SMILES string of the molecule is NC(=O)c1cc(OC2CCCCC2)ccc1N. The Labute approximate surface area is 101 Å². The molecule has 4 nitrogen and oxygen atoms in total. The second kappa shape index (κ2) is 5.08. The number of anilines is 1. The lowest BCUT2D eigenvalue weighted by Gasteiger charge is -2.23. The quantitative estimate of drug-likeness (QED) is 0.786. The number of hydrogen-bond acceptors (Lipinski definition) is 3. The summed E-state index contributed by atoms with van der Waals surface area (Å²) in [5.41, 5.74) is 11.6. The van der Waals surface area contributed by atoms with Crippen LogP contribution >= 0.6 is 0 Å². The highest BCUT2D eigenvalue weighted by atomic mass is 16.5. The van der Waals surface area contributed by atoms with Crippen molar-refractivity contribution in [1.29, 1.82) is 0 Å². The predicted molar refractivity (Wildman–Crippen MR) is 66.9 cm³/mol. The minimum Gasteiger partial charge on any atom is -0.490 e. The Morgan fingerprint density at radius 3 is 2.59 bits per heavy atom. The van der Waals surface area contributed by atoms with Gasteiger partial charge in [-0.1, -0.05) is 6.42 Å². The van der Waals surface area contributed by atoms with E-state index in [-0.39, 0.29) is 6.10 Å². The minimum absolute atomic E-state index is 0.258. The van der Waals surface area contributed by atoms with Crippen molar-refractivity contribution in [3.8, 4) is 5.75 Å². The standard InChI is InChI=1S/C13H18N2O2/c14-12-7-6-10(8-11(12)13(15)16)17-9-4-2-1-3-5-9/h6-9H,1-5,14H2,(H2,15,16). The van der Waals surface area contributed by atoms with E-state index in [9.17, 15) is 4.79 Å². The molecule has 2 rings (SSSR count). The molecule has 0 radical (unpaired) electrons. The van der Waals surface area contributed by atoms with Gasteiger partial charge in [0, 0.05) is 5.69 Å². The molecule has 4 heteroatoms. The first-order valence-electron chi connectivity index (χ1n) is 6.03. The van der Waals surface area contributed by atoms with E-state index in [1.165, 1.54) is 19.3 Å². The van der Waals surface area contributed by atoms with Crippen LogP contribution in [0, 0.1) is 0 Å². The molecule has 0 aromatic heterocycles. The lowest BCUT2D eigenvalue weighted by Crippen LogP contribution is -2.20. The third-order valence-corrected chi connectivity index (χ3v) is 3.15. The number of rotatable bonds is 3. The summed E-state index contributed by atoms with van der Waals surface area (Å²) in [7, 11) is 0. The minimum atomic E-state index is -0.517. The summed E-state index contributed by atoms with van der Waals surface area (Å²) in [6, 6.07) is 5.08. The third-order valence-electron chi connectivity index (χ3n) is 3.15. The van der Waals surface area contributed by atoms with Crippen LogP contribution in [0.3, 0.4) is 0 Å². The van der Waals surface area contributed by atoms with Crippen LogP contribution in [0.2, 0.25) is 0 Å². The van der Waals surface area contributed by atoms with Gasteiger partial charge in [-0.15, -0.1) is 0 Å². The van der Waals surface area contributed by atoms with Gasteiger partial charge in [0.1, 0.15) is 5.75 Å². The summed E-state index contributed by atoms with van der Waals surface area (Å²) in [5.74, 6) is 0.163. The Kier molecular flexibility index (Phi) is 3.52. The highest BCUT2D eigenvalue weighted by Crippen LogP contribution is 2.25. The van der Waals surface area contributed by atoms with Crippen LogP contribution in [0.15, 0.2) is 18.2 Å². The molecule has 1 aromatic carbocycles. The van der Waals surface area contributed by atoms with E-state index < -0.39 is 5.91 Å². The fourth-order valence-electron chi connectivity index (χ4n) is 2.20. The number of amides is 1. The summed E-state index contributed by atoms with van der Waals surface area (Å²) in [6.45, 7) is 0. The number of benzene rings is 1. The molecular weight excluding hydrogens is 216 g/mol. The number of carbonyl (C=O) groups is 1. The van der Waals surface area contributed by atoms with Gasteiger partial charge >= 0.3 is 0 Å². The van der Waals surface area contributed by atoms with Crippen LogP contribution < -0.4 is 16.2 Å². The number of carbonyl (C=O) groups excluding carboxylic acids is 1. The molecule has 17 heavy (non-hydrogen) atoms. The molecule has 1 aliphatic rings. The number of primary amides is 1. The molecule has 0 unspecified atom stereocenters.